The summed E-state index contributed by atoms with van der Waals surface area (Å²) in [7, 11) is -4.60. The van der Waals surface area contributed by atoms with Crippen molar-refractivity contribution in [2.24, 2.45) is 0 Å². The van der Waals surface area contributed by atoms with Gasteiger partial charge in [-0.3, -0.25) is 9.13 Å². The van der Waals surface area contributed by atoms with E-state index in [0.29, 0.717) is 6.42 Å². The highest BCUT2D eigenvalue weighted by Crippen LogP contribution is 2.61. The first-order valence-corrected chi connectivity index (χ1v) is 7.21. The smallest absolute Gasteiger partial charge is 0.352 e. The normalized spacial score (nSPS) is 21.9. The van der Waals surface area contributed by atoms with Gasteiger partial charge < -0.3 is 14.2 Å². The van der Waals surface area contributed by atoms with Crippen LogP contribution < -0.4 is 0 Å². The molecule has 0 saturated heterocycles. The number of ether oxygens (including phenoxy) is 1. The zero-order valence-corrected chi connectivity index (χ0v) is 11.3. The second kappa shape index (κ2) is 6.07. The summed E-state index contributed by atoms with van der Waals surface area (Å²) >= 11 is 0. The molecule has 0 aromatic rings. The molecule has 0 saturated carbocycles. The summed E-state index contributed by atoms with van der Waals surface area (Å²) in [6.45, 7) is 6.66. The predicted molar refractivity (Wildman–Crippen MR) is 58.3 cm³/mol. The molecule has 0 aliphatic carbocycles. The zero-order valence-electron chi connectivity index (χ0n) is 9.47. The molecule has 0 fully saturated rings. The van der Waals surface area contributed by atoms with Crippen molar-refractivity contribution in [2.75, 3.05) is 6.61 Å². The lowest BCUT2D eigenvalue weighted by Crippen LogP contribution is -2.24. The molecule has 3 unspecified atom stereocenters. The maximum atomic E-state index is 11.8. The van der Waals surface area contributed by atoms with Gasteiger partial charge in [0.1, 0.15) is 0 Å². The highest BCUT2D eigenvalue weighted by Gasteiger charge is 2.48. The maximum absolute atomic E-state index is 11.8. The van der Waals surface area contributed by atoms with Gasteiger partial charge in [0, 0.05) is 6.61 Å². The average Bonchev–Trinajstić information content (AvgIpc) is 2.17. The average molecular weight is 256 g/mol. The second-order valence-corrected chi connectivity index (χ2v) is 6.80. The fraction of sp³-hybridized carbons (Fsp3) is 1.00. The number of hydrogen-bond acceptors (Lipinski definition) is 4. The Hall–Kier alpha value is 0.210. The molecule has 0 radical (unpaired) electrons. The van der Waals surface area contributed by atoms with Gasteiger partial charge in [0.2, 0.25) is 13.5 Å². The maximum Gasteiger partial charge on any atom is 0.371 e. The molecule has 5 nitrogen and oxygen atoms in total. The topological polar surface area (TPSA) is 72.8 Å². The van der Waals surface area contributed by atoms with E-state index in [-0.39, 0.29) is 12.7 Å². The molecule has 7 heteroatoms. The monoisotopic (exact) mass is 256 g/mol. The third-order valence-corrected chi connectivity index (χ3v) is 5.30. The van der Waals surface area contributed by atoms with Crippen LogP contribution >= 0.6 is 16.1 Å². The first kappa shape index (κ1) is 15.2. The van der Waals surface area contributed by atoms with Crippen LogP contribution in [0, 0.1) is 0 Å². The van der Waals surface area contributed by atoms with Crippen LogP contribution in [0.1, 0.15) is 34.1 Å². The van der Waals surface area contributed by atoms with E-state index in [1.165, 1.54) is 6.92 Å². The zero-order chi connectivity index (χ0) is 12.1. The van der Waals surface area contributed by atoms with Gasteiger partial charge in [-0.05, 0) is 27.2 Å². The lowest BCUT2D eigenvalue weighted by atomic mass is 10.3. The standard InChI is InChI=1S/C8H18O5P2/c1-5-7(3)13-15(10,11)8(4,14-9)12-6-2/h7H,5-6H2,1-4H3,(H,10,11). The minimum atomic E-state index is -4.05. The van der Waals surface area contributed by atoms with Crippen LogP contribution in [0.25, 0.3) is 0 Å². The van der Waals surface area contributed by atoms with Gasteiger partial charge in [-0.2, -0.15) is 0 Å². The number of rotatable bonds is 7. The van der Waals surface area contributed by atoms with E-state index in [0.717, 1.165) is 0 Å². The van der Waals surface area contributed by atoms with E-state index in [1.54, 1.807) is 13.8 Å². The molecule has 0 rings (SSSR count). The van der Waals surface area contributed by atoms with Crippen LogP contribution in [-0.4, -0.2) is 22.7 Å². The Kier molecular flexibility index (Phi) is 6.16. The van der Waals surface area contributed by atoms with Gasteiger partial charge in [0.05, 0.1) is 6.10 Å². The summed E-state index contributed by atoms with van der Waals surface area (Å²) in [5.41, 5.74) is 0. The van der Waals surface area contributed by atoms with Gasteiger partial charge >= 0.3 is 7.60 Å². The van der Waals surface area contributed by atoms with E-state index in [4.69, 9.17) is 9.26 Å². The third-order valence-electron chi connectivity index (χ3n) is 2.01. The molecule has 0 heterocycles. The summed E-state index contributed by atoms with van der Waals surface area (Å²) in [5.74, 6) is 0. The van der Waals surface area contributed by atoms with Crippen LogP contribution in [-0.2, 0) is 18.4 Å². The quantitative estimate of drug-likeness (QED) is 0.709. The van der Waals surface area contributed by atoms with Crippen LogP contribution in [0.2, 0.25) is 0 Å². The van der Waals surface area contributed by atoms with Crippen LogP contribution in [0.3, 0.4) is 0 Å². The van der Waals surface area contributed by atoms with Crippen molar-refractivity contribution in [1.29, 1.82) is 0 Å². The number of hydrogen-bond donors (Lipinski definition) is 1. The molecule has 3 atom stereocenters. The van der Waals surface area contributed by atoms with Crippen molar-refractivity contribution in [1.82, 2.24) is 0 Å². The van der Waals surface area contributed by atoms with Crippen molar-refractivity contribution in [3.05, 3.63) is 0 Å². The Morgan fingerprint density at radius 1 is 1.53 bits per heavy atom. The second-order valence-electron chi connectivity index (χ2n) is 3.30. The van der Waals surface area contributed by atoms with E-state index >= 15 is 0 Å². The predicted octanol–water partition coefficient (Wildman–Crippen LogP) is 2.99. The molecule has 0 bridgehead atoms. The van der Waals surface area contributed by atoms with E-state index in [9.17, 15) is 14.0 Å². The van der Waals surface area contributed by atoms with Crippen molar-refractivity contribution < 1.29 is 23.3 Å². The summed E-state index contributed by atoms with van der Waals surface area (Å²) in [6.07, 6.45) is 0.227. The van der Waals surface area contributed by atoms with Gasteiger partial charge in [-0.1, -0.05) is 6.92 Å². The van der Waals surface area contributed by atoms with E-state index in [1.807, 2.05) is 6.92 Å². The Balaban J connectivity index is 4.80. The van der Waals surface area contributed by atoms with Gasteiger partial charge in [0.25, 0.3) is 0 Å². The first-order chi connectivity index (χ1) is 6.83. The van der Waals surface area contributed by atoms with Crippen molar-refractivity contribution in [3.63, 3.8) is 0 Å². The highest BCUT2D eigenvalue weighted by atomic mass is 31.2. The Morgan fingerprint density at radius 2 is 2.07 bits per heavy atom. The van der Waals surface area contributed by atoms with Crippen LogP contribution in [0.15, 0.2) is 0 Å². The Bertz CT molecular complexity index is 257. The highest BCUT2D eigenvalue weighted by molar-refractivity contribution is 7.63. The van der Waals surface area contributed by atoms with Gasteiger partial charge in [-0.15, -0.1) is 0 Å². The minimum Gasteiger partial charge on any atom is -0.352 e. The summed E-state index contributed by atoms with van der Waals surface area (Å²) in [5, 5.41) is -1.68. The Labute approximate surface area is 91.9 Å². The van der Waals surface area contributed by atoms with E-state index < -0.39 is 21.1 Å². The van der Waals surface area contributed by atoms with Crippen LogP contribution in [0.5, 0.6) is 0 Å². The summed E-state index contributed by atoms with van der Waals surface area (Å²) in [4.78, 5) is 9.67. The first-order valence-electron chi connectivity index (χ1n) is 4.82. The van der Waals surface area contributed by atoms with Crippen molar-refractivity contribution in [3.8, 4) is 0 Å². The molecule has 0 aromatic carbocycles. The fourth-order valence-corrected chi connectivity index (χ4v) is 2.71. The lowest BCUT2D eigenvalue weighted by Gasteiger charge is -2.28. The SMILES string of the molecule is CCOC(C)(P=O)P(=O)(O)OC(C)CC. The minimum absolute atomic E-state index is 0.195. The molecule has 0 aliphatic heterocycles. The molecule has 0 amide bonds. The molecule has 90 valence electrons. The molecule has 1 N–H and O–H groups in total. The van der Waals surface area contributed by atoms with Crippen molar-refractivity contribution >= 4 is 16.1 Å². The summed E-state index contributed by atoms with van der Waals surface area (Å²) < 4.78 is 32.7. The molecule has 15 heavy (non-hydrogen) atoms. The van der Waals surface area contributed by atoms with Crippen molar-refractivity contribution in [2.45, 2.75) is 45.3 Å². The molecule has 0 aromatic heterocycles. The lowest BCUT2D eigenvalue weighted by molar-refractivity contribution is 0.0617. The molecule has 0 spiro atoms. The third kappa shape index (κ3) is 3.93. The molecule has 0 aliphatic rings. The summed E-state index contributed by atoms with van der Waals surface area (Å²) in [6, 6.07) is 0. The van der Waals surface area contributed by atoms with E-state index in [2.05, 4.69) is 0 Å². The van der Waals surface area contributed by atoms with Gasteiger partial charge in [0.15, 0.2) is 0 Å². The van der Waals surface area contributed by atoms with Gasteiger partial charge in [-0.25, -0.2) is 0 Å². The molecular formula is C8H18O5P2. The largest absolute Gasteiger partial charge is 0.371 e. The molecular weight excluding hydrogens is 238 g/mol. The van der Waals surface area contributed by atoms with Crippen LogP contribution in [0.4, 0.5) is 0 Å². The Morgan fingerprint density at radius 3 is 2.40 bits per heavy atom. The fourth-order valence-electron chi connectivity index (χ4n) is 0.849.